The smallest absolute Gasteiger partial charge is 0.0749 e. The Morgan fingerprint density at radius 1 is 0.926 bits per heavy atom. The zero-order chi connectivity index (χ0) is 19.6. The Morgan fingerprint density at radius 2 is 1.74 bits per heavy atom. The normalized spacial score (nSPS) is 12.0. The molecule has 0 aliphatic rings. The van der Waals surface area contributed by atoms with Gasteiger partial charge in [0.25, 0.3) is 0 Å². The second-order valence-electron chi connectivity index (χ2n) is 6.16. The molecule has 2 rings (SSSR count). The van der Waals surface area contributed by atoms with Crippen LogP contribution in [-0.2, 0) is 0 Å². The van der Waals surface area contributed by atoms with Crippen LogP contribution in [0.25, 0.3) is 6.08 Å². The Bertz CT molecular complexity index is 816. The van der Waals surface area contributed by atoms with Crippen LogP contribution < -0.4 is 5.43 Å². The summed E-state index contributed by atoms with van der Waals surface area (Å²) in [5.41, 5.74) is 5.66. The van der Waals surface area contributed by atoms with E-state index in [0.29, 0.717) is 20.1 Å². The van der Waals surface area contributed by atoms with Crippen LogP contribution in [0.3, 0.4) is 0 Å². The molecule has 0 fully saturated rings. The third-order valence-corrected chi connectivity index (χ3v) is 5.24. The van der Waals surface area contributed by atoms with Gasteiger partial charge in [-0.2, -0.15) is 5.10 Å². The van der Waals surface area contributed by atoms with Crippen LogP contribution in [-0.4, -0.2) is 5.71 Å². The quantitative estimate of drug-likeness (QED) is 0.233. The molecule has 2 nitrogen and oxygen atoms in total. The second kappa shape index (κ2) is 11.6. The molecular weight excluding hydrogens is 422 g/mol. The van der Waals surface area contributed by atoms with Crippen molar-refractivity contribution in [2.45, 2.75) is 39.0 Å². The van der Waals surface area contributed by atoms with E-state index in [1.165, 1.54) is 19.3 Å². The standard InChI is InChI=1S/C21H22Cl4N2/c1-2-3-4-5-6-17(10-7-15-8-11-18(23)19(24)13-15)26-27-21-12-9-16(22)14-20(21)25/h7-14,27H,2-6H2,1H3/b10-7+,26-17+. The molecule has 0 aromatic heterocycles. The highest BCUT2D eigenvalue weighted by Gasteiger charge is 2.02. The Morgan fingerprint density at radius 3 is 2.44 bits per heavy atom. The molecule has 0 aliphatic carbocycles. The molecule has 6 heteroatoms. The van der Waals surface area contributed by atoms with Gasteiger partial charge in [0, 0.05) is 5.02 Å². The lowest BCUT2D eigenvalue weighted by molar-refractivity contribution is 0.683. The Kier molecular flexibility index (Phi) is 9.50. The third kappa shape index (κ3) is 7.75. The molecule has 0 radical (unpaired) electrons. The summed E-state index contributed by atoms with van der Waals surface area (Å²) in [5, 5.41) is 6.73. The van der Waals surface area contributed by atoms with Crippen molar-refractivity contribution in [3.63, 3.8) is 0 Å². The Labute approximate surface area is 181 Å². The second-order valence-corrected chi connectivity index (χ2v) is 7.81. The predicted molar refractivity (Wildman–Crippen MR) is 122 cm³/mol. The molecule has 0 aliphatic heterocycles. The lowest BCUT2D eigenvalue weighted by atomic mass is 10.1. The molecule has 0 bridgehead atoms. The average Bonchev–Trinajstić information content (AvgIpc) is 2.64. The molecule has 0 saturated carbocycles. The van der Waals surface area contributed by atoms with Gasteiger partial charge in [-0.15, -0.1) is 0 Å². The lowest BCUT2D eigenvalue weighted by Gasteiger charge is -2.07. The number of rotatable bonds is 9. The average molecular weight is 444 g/mol. The summed E-state index contributed by atoms with van der Waals surface area (Å²) < 4.78 is 0. The zero-order valence-corrected chi connectivity index (χ0v) is 18.1. The summed E-state index contributed by atoms with van der Waals surface area (Å²) in [7, 11) is 0. The number of hydrogen-bond acceptors (Lipinski definition) is 2. The maximum atomic E-state index is 6.20. The summed E-state index contributed by atoms with van der Waals surface area (Å²) in [6, 6.07) is 10.8. The monoisotopic (exact) mass is 442 g/mol. The number of benzene rings is 2. The highest BCUT2D eigenvalue weighted by atomic mass is 35.5. The van der Waals surface area contributed by atoms with Crippen molar-refractivity contribution in [2.24, 2.45) is 5.10 Å². The number of anilines is 1. The Hall–Kier alpha value is -1.19. The zero-order valence-electron chi connectivity index (χ0n) is 15.1. The maximum Gasteiger partial charge on any atom is 0.0749 e. The van der Waals surface area contributed by atoms with Gasteiger partial charge < -0.3 is 0 Å². The van der Waals surface area contributed by atoms with Gasteiger partial charge in [0.05, 0.1) is 26.5 Å². The number of halogens is 4. The molecule has 27 heavy (non-hydrogen) atoms. The van der Waals surface area contributed by atoms with Crippen molar-refractivity contribution < 1.29 is 0 Å². The van der Waals surface area contributed by atoms with Crippen LogP contribution in [0.5, 0.6) is 0 Å². The van der Waals surface area contributed by atoms with Gasteiger partial charge in [0.1, 0.15) is 0 Å². The van der Waals surface area contributed by atoms with Crippen LogP contribution in [0.15, 0.2) is 47.6 Å². The lowest BCUT2D eigenvalue weighted by Crippen LogP contribution is -2.00. The van der Waals surface area contributed by atoms with E-state index >= 15 is 0 Å². The largest absolute Gasteiger partial charge is 0.277 e. The topological polar surface area (TPSA) is 24.4 Å². The van der Waals surface area contributed by atoms with Crippen LogP contribution in [0.1, 0.15) is 44.6 Å². The minimum atomic E-state index is 0.532. The summed E-state index contributed by atoms with van der Waals surface area (Å²) in [6.45, 7) is 2.20. The van der Waals surface area contributed by atoms with Crippen LogP contribution in [0, 0.1) is 0 Å². The van der Waals surface area contributed by atoms with E-state index in [0.717, 1.165) is 29.8 Å². The number of unbranched alkanes of at least 4 members (excludes halogenated alkanes) is 3. The summed E-state index contributed by atoms with van der Waals surface area (Å²) in [6.07, 6.45) is 9.51. The van der Waals surface area contributed by atoms with Gasteiger partial charge in [0.15, 0.2) is 0 Å². The van der Waals surface area contributed by atoms with Gasteiger partial charge in [-0.05, 0) is 54.8 Å². The van der Waals surface area contributed by atoms with Crippen LogP contribution in [0.2, 0.25) is 20.1 Å². The van der Waals surface area contributed by atoms with E-state index in [1.54, 1.807) is 18.2 Å². The molecule has 0 unspecified atom stereocenters. The molecule has 0 amide bonds. The highest BCUT2D eigenvalue weighted by Crippen LogP contribution is 2.26. The molecule has 0 atom stereocenters. The molecule has 2 aromatic carbocycles. The SMILES string of the molecule is CCCCCCC(/C=C/c1ccc(Cl)c(Cl)c1)=N\Nc1ccc(Cl)cc1Cl. The van der Waals surface area contributed by atoms with Crippen molar-refractivity contribution in [3.05, 3.63) is 68.1 Å². The Balaban J connectivity index is 2.13. The summed E-state index contributed by atoms with van der Waals surface area (Å²) >= 11 is 24.2. The number of allylic oxidation sites excluding steroid dienone is 1. The van der Waals surface area contributed by atoms with Gasteiger partial charge in [0.2, 0.25) is 0 Å². The first kappa shape index (κ1) is 22.1. The van der Waals surface area contributed by atoms with E-state index < -0.39 is 0 Å². The molecular formula is C21H22Cl4N2. The molecule has 0 saturated heterocycles. The first-order chi connectivity index (χ1) is 13.0. The summed E-state index contributed by atoms with van der Waals surface area (Å²) in [5.74, 6) is 0. The van der Waals surface area contributed by atoms with Crippen LogP contribution >= 0.6 is 46.4 Å². The minimum Gasteiger partial charge on any atom is -0.277 e. The van der Waals surface area contributed by atoms with Gasteiger partial charge in [-0.3, -0.25) is 5.43 Å². The first-order valence-corrected chi connectivity index (χ1v) is 10.4. The van der Waals surface area contributed by atoms with Crippen molar-refractivity contribution >= 4 is 63.9 Å². The van der Waals surface area contributed by atoms with Crippen molar-refractivity contribution in [3.8, 4) is 0 Å². The summed E-state index contributed by atoms with van der Waals surface area (Å²) in [4.78, 5) is 0. The van der Waals surface area contributed by atoms with Crippen LogP contribution in [0.4, 0.5) is 5.69 Å². The fourth-order valence-corrected chi connectivity index (χ4v) is 3.19. The van der Waals surface area contributed by atoms with E-state index in [1.807, 2.05) is 30.4 Å². The molecule has 1 N–H and O–H groups in total. The van der Waals surface area contributed by atoms with E-state index in [2.05, 4.69) is 17.5 Å². The fourth-order valence-electron chi connectivity index (χ4n) is 2.43. The molecule has 144 valence electrons. The van der Waals surface area contributed by atoms with E-state index in [9.17, 15) is 0 Å². The van der Waals surface area contributed by atoms with Crippen molar-refractivity contribution in [2.75, 3.05) is 5.43 Å². The van der Waals surface area contributed by atoms with Gasteiger partial charge >= 0.3 is 0 Å². The maximum absolute atomic E-state index is 6.20. The fraction of sp³-hybridized carbons (Fsp3) is 0.286. The first-order valence-electron chi connectivity index (χ1n) is 8.90. The van der Waals surface area contributed by atoms with Crippen molar-refractivity contribution in [1.29, 1.82) is 0 Å². The van der Waals surface area contributed by atoms with E-state index in [-0.39, 0.29) is 0 Å². The van der Waals surface area contributed by atoms with Gasteiger partial charge in [-0.25, -0.2) is 0 Å². The number of hydrogen-bond donors (Lipinski definition) is 1. The number of nitrogens with zero attached hydrogens (tertiary/aromatic N) is 1. The molecule has 2 aromatic rings. The number of nitrogens with one attached hydrogen (secondary N) is 1. The van der Waals surface area contributed by atoms with E-state index in [4.69, 9.17) is 46.4 Å². The predicted octanol–water partition coefficient (Wildman–Crippen LogP) is 8.75. The molecule has 0 heterocycles. The van der Waals surface area contributed by atoms with Crippen molar-refractivity contribution in [1.82, 2.24) is 0 Å². The van der Waals surface area contributed by atoms with Gasteiger partial charge in [-0.1, -0.05) is 84.7 Å². The third-order valence-electron chi connectivity index (χ3n) is 3.95. The number of hydrazone groups is 1. The minimum absolute atomic E-state index is 0.532. The molecule has 0 spiro atoms. The highest BCUT2D eigenvalue weighted by molar-refractivity contribution is 6.42.